The molecule has 2 aromatic carbocycles. The summed E-state index contributed by atoms with van der Waals surface area (Å²) in [5.74, 6) is 0.0741. The Balaban J connectivity index is 2.33. The molecule has 0 N–H and O–H groups in total. The van der Waals surface area contributed by atoms with Gasteiger partial charge < -0.3 is 0 Å². The van der Waals surface area contributed by atoms with E-state index in [0.29, 0.717) is 23.0 Å². The Bertz CT molecular complexity index is 1090. The number of benzene rings is 2. The summed E-state index contributed by atoms with van der Waals surface area (Å²) in [4.78, 5) is 17.6. The number of hydrogen-bond donors (Lipinski definition) is 0. The summed E-state index contributed by atoms with van der Waals surface area (Å²) < 4.78 is 26.2. The largest absolute Gasteiger partial charge is 0.268 e. The lowest BCUT2D eigenvalue weighted by atomic mass is 10.2. The maximum atomic E-state index is 13.1. The molecule has 0 fully saturated rings. The highest BCUT2D eigenvalue weighted by atomic mass is 32.2. The van der Waals surface area contributed by atoms with Gasteiger partial charge in [-0.2, -0.15) is 0 Å². The standard InChI is InChI=1S/C19H20N2O3S/c1-3-12-25(23,24)13-18-20-16-10-6-5-9-15(16)19(22)21(18)17-11-7-4-8-14(17)2/h4-11H,3,12-13H2,1-2H3. The summed E-state index contributed by atoms with van der Waals surface area (Å²) in [6.07, 6.45) is 0.532. The topological polar surface area (TPSA) is 69.0 Å². The van der Waals surface area contributed by atoms with Crippen LogP contribution < -0.4 is 5.56 Å². The first-order chi connectivity index (χ1) is 11.9. The minimum Gasteiger partial charge on any atom is -0.268 e. The molecule has 5 nitrogen and oxygen atoms in total. The molecule has 130 valence electrons. The summed E-state index contributed by atoms with van der Waals surface area (Å²) >= 11 is 0. The van der Waals surface area contributed by atoms with Crippen LogP contribution in [0, 0.1) is 6.92 Å². The van der Waals surface area contributed by atoms with E-state index in [1.54, 1.807) is 24.3 Å². The molecule has 1 heterocycles. The minimum atomic E-state index is -3.34. The smallest absolute Gasteiger partial charge is 0.266 e. The maximum Gasteiger partial charge on any atom is 0.266 e. The Morgan fingerprint density at radius 3 is 2.44 bits per heavy atom. The lowest BCUT2D eigenvalue weighted by Crippen LogP contribution is -2.26. The summed E-state index contributed by atoms with van der Waals surface area (Å²) in [5, 5.41) is 0.474. The van der Waals surface area contributed by atoms with E-state index in [-0.39, 0.29) is 22.9 Å². The Hall–Kier alpha value is -2.47. The summed E-state index contributed by atoms with van der Waals surface area (Å²) in [6.45, 7) is 3.71. The van der Waals surface area contributed by atoms with Crippen molar-refractivity contribution in [2.75, 3.05) is 5.75 Å². The van der Waals surface area contributed by atoms with E-state index < -0.39 is 9.84 Å². The Morgan fingerprint density at radius 1 is 1.04 bits per heavy atom. The van der Waals surface area contributed by atoms with Crippen LogP contribution in [0.25, 0.3) is 16.6 Å². The van der Waals surface area contributed by atoms with Gasteiger partial charge in [-0.1, -0.05) is 37.3 Å². The monoisotopic (exact) mass is 356 g/mol. The van der Waals surface area contributed by atoms with Crippen molar-refractivity contribution in [1.29, 1.82) is 0 Å². The number of aryl methyl sites for hydroxylation is 1. The molecule has 0 spiro atoms. The zero-order valence-corrected chi connectivity index (χ0v) is 15.1. The van der Waals surface area contributed by atoms with E-state index in [0.717, 1.165) is 5.56 Å². The molecule has 0 saturated carbocycles. The van der Waals surface area contributed by atoms with Gasteiger partial charge in [-0.05, 0) is 37.1 Å². The van der Waals surface area contributed by atoms with Gasteiger partial charge in [-0.3, -0.25) is 9.36 Å². The van der Waals surface area contributed by atoms with E-state index in [9.17, 15) is 13.2 Å². The fraction of sp³-hybridized carbons (Fsp3) is 0.263. The number of rotatable bonds is 5. The Kier molecular flexibility index (Phi) is 4.72. The van der Waals surface area contributed by atoms with Crippen molar-refractivity contribution in [3.8, 4) is 5.69 Å². The van der Waals surface area contributed by atoms with Gasteiger partial charge in [0.1, 0.15) is 11.6 Å². The van der Waals surface area contributed by atoms with Gasteiger partial charge in [0, 0.05) is 0 Å². The van der Waals surface area contributed by atoms with E-state index in [1.807, 2.05) is 38.1 Å². The van der Waals surface area contributed by atoms with Gasteiger partial charge in [0.05, 0.1) is 22.3 Å². The van der Waals surface area contributed by atoms with E-state index in [1.165, 1.54) is 4.57 Å². The third-order valence-corrected chi connectivity index (χ3v) is 5.79. The first-order valence-corrected chi connectivity index (χ1v) is 10.0. The lowest BCUT2D eigenvalue weighted by Gasteiger charge is -2.15. The number of para-hydroxylation sites is 2. The second kappa shape index (κ2) is 6.80. The van der Waals surface area contributed by atoms with Crippen molar-refractivity contribution in [2.24, 2.45) is 0 Å². The molecule has 0 amide bonds. The van der Waals surface area contributed by atoms with Gasteiger partial charge in [0.25, 0.3) is 5.56 Å². The van der Waals surface area contributed by atoms with Gasteiger partial charge in [0.2, 0.25) is 0 Å². The second-order valence-electron chi connectivity index (χ2n) is 6.06. The highest BCUT2D eigenvalue weighted by Gasteiger charge is 2.19. The predicted molar refractivity (Wildman–Crippen MR) is 99.9 cm³/mol. The van der Waals surface area contributed by atoms with Gasteiger partial charge in [-0.15, -0.1) is 0 Å². The predicted octanol–water partition coefficient (Wildman–Crippen LogP) is 3.02. The highest BCUT2D eigenvalue weighted by Crippen LogP contribution is 2.18. The zero-order valence-electron chi connectivity index (χ0n) is 14.3. The number of fused-ring (bicyclic) bond motifs is 1. The van der Waals surface area contributed by atoms with Crippen LogP contribution in [0.4, 0.5) is 0 Å². The molecule has 0 radical (unpaired) electrons. The first-order valence-electron chi connectivity index (χ1n) is 8.20. The molecule has 1 aromatic heterocycles. The van der Waals surface area contributed by atoms with Gasteiger partial charge in [0.15, 0.2) is 9.84 Å². The first kappa shape index (κ1) is 17.4. The molecule has 0 aliphatic heterocycles. The molecule has 0 saturated heterocycles. The highest BCUT2D eigenvalue weighted by molar-refractivity contribution is 7.90. The fourth-order valence-corrected chi connectivity index (χ4v) is 4.27. The van der Waals surface area contributed by atoms with Crippen LogP contribution in [0.2, 0.25) is 0 Å². The van der Waals surface area contributed by atoms with Crippen LogP contribution in [0.5, 0.6) is 0 Å². The van der Waals surface area contributed by atoms with E-state index in [2.05, 4.69) is 4.98 Å². The van der Waals surface area contributed by atoms with Crippen molar-refractivity contribution >= 4 is 20.7 Å². The van der Waals surface area contributed by atoms with Crippen molar-refractivity contribution in [3.05, 3.63) is 70.3 Å². The minimum absolute atomic E-state index is 0.0729. The average Bonchev–Trinajstić information content (AvgIpc) is 2.56. The fourth-order valence-electron chi connectivity index (χ4n) is 2.92. The van der Waals surface area contributed by atoms with Crippen LogP contribution in [-0.2, 0) is 15.6 Å². The molecule has 0 bridgehead atoms. The van der Waals surface area contributed by atoms with Crippen LogP contribution in [0.15, 0.2) is 53.3 Å². The van der Waals surface area contributed by atoms with Crippen LogP contribution in [0.1, 0.15) is 24.7 Å². The summed E-state index contributed by atoms with van der Waals surface area (Å²) in [7, 11) is -3.34. The molecule has 3 rings (SSSR count). The molecule has 25 heavy (non-hydrogen) atoms. The molecule has 3 aromatic rings. The molecule has 6 heteroatoms. The van der Waals surface area contributed by atoms with Crippen molar-refractivity contribution in [3.63, 3.8) is 0 Å². The number of sulfone groups is 1. The normalized spacial score (nSPS) is 11.8. The molecule has 0 unspecified atom stereocenters. The average molecular weight is 356 g/mol. The third kappa shape index (κ3) is 3.49. The van der Waals surface area contributed by atoms with Gasteiger partial charge >= 0.3 is 0 Å². The zero-order chi connectivity index (χ0) is 18.0. The Morgan fingerprint density at radius 2 is 1.72 bits per heavy atom. The molecule has 0 aliphatic rings. The quantitative estimate of drug-likeness (QED) is 0.705. The molecule has 0 aliphatic carbocycles. The summed E-state index contributed by atoms with van der Waals surface area (Å²) in [6, 6.07) is 14.4. The number of hydrogen-bond acceptors (Lipinski definition) is 4. The lowest BCUT2D eigenvalue weighted by molar-refractivity contribution is 0.591. The number of aromatic nitrogens is 2. The van der Waals surface area contributed by atoms with Crippen LogP contribution >= 0.6 is 0 Å². The maximum absolute atomic E-state index is 13.1. The SMILES string of the molecule is CCCS(=O)(=O)Cc1nc2ccccc2c(=O)n1-c1ccccc1C. The van der Waals surface area contributed by atoms with Crippen LogP contribution in [-0.4, -0.2) is 23.7 Å². The van der Waals surface area contributed by atoms with Crippen molar-refractivity contribution in [1.82, 2.24) is 9.55 Å². The Labute approximate surface area is 146 Å². The molecular weight excluding hydrogens is 336 g/mol. The third-order valence-electron chi connectivity index (χ3n) is 4.07. The number of nitrogens with zero attached hydrogens (tertiary/aromatic N) is 2. The van der Waals surface area contributed by atoms with Crippen molar-refractivity contribution < 1.29 is 8.42 Å². The second-order valence-corrected chi connectivity index (χ2v) is 8.25. The van der Waals surface area contributed by atoms with Crippen molar-refractivity contribution in [2.45, 2.75) is 26.0 Å². The molecular formula is C19H20N2O3S. The van der Waals surface area contributed by atoms with E-state index in [4.69, 9.17) is 0 Å². The van der Waals surface area contributed by atoms with Crippen LogP contribution in [0.3, 0.4) is 0 Å². The van der Waals surface area contributed by atoms with E-state index >= 15 is 0 Å². The van der Waals surface area contributed by atoms with Gasteiger partial charge in [-0.25, -0.2) is 13.4 Å². The summed E-state index contributed by atoms with van der Waals surface area (Å²) in [5.41, 5.74) is 1.81. The molecule has 0 atom stereocenters.